The minimum Gasteiger partial charge on any atom is -0.496 e. The molecule has 30 heavy (non-hydrogen) atoms. The van der Waals surface area contributed by atoms with Gasteiger partial charge in [0.1, 0.15) is 5.75 Å². The van der Waals surface area contributed by atoms with Gasteiger partial charge < -0.3 is 10.1 Å². The molecule has 5 nitrogen and oxygen atoms in total. The molecule has 2 aliphatic rings. The topological polar surface area (TPSA) is 56.1 Å². The van der Waals surface area contributed by atoms with Gasteiger partial charge in [-0.25, -0.2) is 4.98 Å². The largest absolute Gasteiger partial charge is 0.496 e. The third-order valence-electron chi connectivity index (χ3n) is 7.30. The number of hydrogen-bond acceptors (Lipinski definition) is 4. The molecule has 3 atom stereocenters. The molecule has 2 aromatic carbocycles. The molecule has 1 aliphatic carbocycles. The van der Waals surface area contributed by atoms with E-state index < -0.39 is 0 Å². The Balaban J connectivity index is 1.41. The van der Waals surface area contributed by atoms with Crippen molar-refractivity contribution in [1.29, 1.82) is 0 Å². The second kappa shape index (κ2) is 7.55. The first-order chi connectivity index (χ1) is 14.6. The predicted octanol–water partition coefficient (Wildman–Crippen LogP) is 3.73. The van der Waals surface area contributed by atoms with E-state index in [-0.39, 0.29) is 5.56 Å². The van der Waals surface area contributed by atoms with Crippen LogP contribution in [0, 0.1) is 19.8 Å². The fourth-order valence-electron chi connectivity index (χ4n) is 5.51. The van der Waals surface area contributed by atoms with Gasteiger partial charge in [0.15, 0.2) is 0 Å². The quantitative estimate of drug-likeness (QED) is 0.721. The van der Waals surface area contributed by atoms with E-state index in [1.54, 1.807) is 18.0 Å². The molecule has 2 heterocycles. The van der Waals surface area contributed by atoms with Crippen molar-refractivity contribution in [3.63, 3.8) is 0 Å². The zero-order valence-electron chi connectivity index (χ0n) is 17.9. The lowest BCUT2D eigenvalue weighted by atomic mass is 9.73. The average Bonchev–Trinajstić information content (AvgIpc) is 3.19. The molecule has 156 valence electrons. The number of hydrogen-bond donors (Lipinski definition) is 1. The smallest absolute Gasteiger partial charge is 0.261 e. The summed E-state index contributed by atoms with van der Waals surface area (Å²) in [4.78, 5) is 17.7. The highest BCUT2D eigenvalue weighted by atomic mass is 16.5. The molecule has 0 saturated carbocycles. The third-order valence-corrected chi connectivity index (χ3v) is 7.30. The van der Waals surface area contributed by atoms with Crippen LogP contribution in [0.15, 0.2) is 41.5 Å². The molecule has 5 heteroatoms. The molecule has 0 spiro atoms. The van der Waals surface area contributed by atoms with E-state index in [0.29, 0.717) is 29.8 Å². The number of rotatable bonds is 4. The van der Waals surface area contributed by atoms with Crippen LogP contribution < -0.4 is 15.6 Å². The number of benzene rings is 2. The van der Waals surface area contributed by atoms with Gasteiger partial charge in [0.2, 0.25) is 0 Å². The van der Waals surface area contributed by atoms with Gasteiger partial charge in [-0.3, -0.25) is 9.36 Å². The summed E-state index contributed by atoms with van der Waals surface area (Å²) in [7, 11) is 1.76. The van der Waals surface area contributed by atoms with Crippen molar-refractivity contribution < 1.29 is 4.74 Å². The van der Waals surface area contributed by atoms with E-state index in [2.05, 4.69) is 35.4 Å². The Bertz CT molecular complexity index is 1170. The van der Waals surface area contributed by atoms with Crippen molar-refractivity contribution in [2.75, 3.05) is 13.7 Å². The molecule has 1 unspecified atom stereocenters. The van der Waals surface area contributed by atoms with Gasteiger partial charge in [-0.2, -0.15) is 0 Å². The zero-order chi connectivity index (χ0) is 20.8. The van der Waals surface area contributed by atoms with Crippen LogP contribution in [0.5, 0.6) is 5.75 Å². The van der Waals surface area contributed by atoms with Crippen molar-refractivity contribution in [3.8, 4) is 5.75 Å². The maximum Gasteiger partial charge on any atom is 0.261 e. The summed E-state index contributed by atoms with van der Waals surface area (Å²) in [5.41, 5.74) is 5.93. The maximum atomic E-state index is 13.0. The van der Waals surface area contributed by atoms with Gasteiger partial charge in [-0.05, 0) is 80.0 Å². The van der Waals surface area contributed by atoms with Crippen LogP contribution in [0.4, 0.5) is 0 Å². The monoisotopic (exact) mass is 403 g/mol. The van der Waals surface area contributed by atoms with Crippen molar-refractivity contribution >= 4 is 10.9 Å². The fourth-order valence-corrected chi connectivity index (χ4v) is 5.51. The van der Waals surface area contributed by atoms with Gasteiger partial charge in [0.05, 0.1) is 24.3 Å². The van der Waals surface area contributed by atoms with Gasteiger partial charge >= 0.3 is 0 Å². The first kappa shape index (κ1) is 19.3. The van der Waals surface area contributed by atoms with E-state index >= 15 is 0 Å². The van der Waals surface area contributed by atoms with Crippen molar-refractivity contribution in [2.45, 2.75) is 51.6 Å². The molecule has 1 aromatic heterocycles. The Morgan fingerprint density at radius 1 is 1.23 bits per heavy atom. The van der Waals surface area contributed by atoms with Gasteiger partial charge in [0.25, 0.3) is 5.56 Å². The predicted molar refractivity (Wildman–Crippen MR) is 119 cm³/mol. The van der Waals surface area contributed by atoms with Crippen LogP contribution in [-0.4, -0.2) is 29.2 Å². The molecular weight excluding hydrogens is 374 g/mol. The Morgan fingerprint density at radius 2 is 2.10 bits per heavy atom. The molecule has 0 bridgehead atoms. The highest BCUT2D eigenvalue weighted by Crippen LogP contribution is 2.45. The van der Waals surface area contributed by atoms with Crippen LogP contribution in [-0.2, 0) is 13.0 Å². The molecule has 1 saturated heterocycles. The second-order valence-electron chi connectivity index (χ2n) is 8.80. The molecule has 1 N–H and O–H groups in total. The summed E-state index contributed by atoms with van der Waals surface area (Å²) in [5.74, 6) is 2.15. The third kappa shape index (κ3) is 3.03. The Morgan fingerprint density at radius 3 is 2.93 bits per heavy atom. The zero-order valence-corrected chi connectivity index (χ0v) is 17.9. The Labute approximate surface area is 177 Å². The van der Waals surface area contributed by atoms with Crippen LogP contribution in [0.3, 0.4) is 0 Å². The van der Waals surface area contributed by atoms with Crippen LogP contribution in [0.2, 0.25) is 0 Å². The molecule has 0 amide bonds. The molecule has 1 fully saturated rings. The maximum absolute atomic E-state index is 13.0. The molecule has 5 rings (SSSR count). The van der Waals surface area contributed by atoms with E-state index in [9.17, 15) is 4.79 Å². The van der Waals surface area contributed by atoms with Crippen molar-refractivity contribution in [1.82, 2.24) is 14.9 Å². The number of ether oxygens (including phenoxy) is 1. The van der Waals surface area contributed by atoms with E-state index in [1.165, 1.54) is 23.1 Å². The number of aromatic nitrogens is 2. The Hall–Kier alpha value is -2.66. The summed E-state index contributed by atoms with van der Waals surface area (Å²) < 4.78 is 7.41. The lowest BCUT2D eigenvalue weighted by Crippen LogP contribution is -2.31. The van der Waals surface area contributed by atoms with E-state index in [4.69, 9.17) is 4.74 Å². The summed E-state index contributed by atoms with van der Waals surface area (Å²) >= 11 is 0. The highest BCUT2D eigenvalue weighted by Gasteiger charge is 2.40. The van der Waals surface area contributed by atoms with Crippen molar-refractivity contribution in [3.05, 3.63) is 69.3 Å². The molecule has 0 radical (unpaired) electrons. The number of aryl methyl sites for hydroxylation is 3. The van der Waals surface area contributed by atoms with E-state index in [0.717, 1.165) is 36.2 Å². The van der Waals surface area contributed by atoms with E-state index in [1.807, 2.05) is 19.1 Å². The van der Waals surface area contributed by atoms with Crippen LogP contribution >= 0.6 is 0 Å². The van der Waals surface area contributed by atoms with Gasteiger partial charge in [-0.1, -0.05) is 18.2 Å². The number of methoxy groups -OCH3 is 1. The summed E-state index contributed by atoms with van der Waals surface area (Å²) in [5, 5.41) is 4.46. The average molecular weight is 404 g/mol. The second-order valence-corrected chi connectivity index (χ2v) is 8.80. The first-order valence-electron chi connectivity index (χ1n) is 10.9. The number of fused-ring (bicyclic) bond motifs is 4. The summed E-state index contributed by atoms with van der Waals surface area (Å²) in [6.07, 6.45) is 4.91. The normalized spacial score (nSPS) is 22.7. The minimum absolute atomic E-state index is 0.0587. The first-order valence-corrected chi connectivity index (χ1v) is 10.9. The highest BCUT2D eigenvalue weighted by molar-refractivity contribution is 5.81. The lowest BCUT2D eigenvalue weighted by molar-refractivity contribution is 0.371. The van der Waals surface area contributed by atoms with Crippen LogP contribution in [0.1, 0.15) is 41.0 Å². The lowest BCUT2D eigenvalue weighted by Gasteiger charge is -2.32. The van der Waals surface area contributed by atoms with Gasteiger partial charge in [-0.15, -0.1) is 0 Å². The molecular formula is C25H29N3O2. The summed E-state index contributed by atoms with van der Waals surface area (Å²) in [6, 6.07) is 10.7. The van der Waals surface area contributed by atoms with Crippen molar-refractivity contribution in [2.24, 2.45) is 5.92 Å². The number of nitrogens with one attached hydrogen (secondary N) is 1. The molecule has 3 aromatic rings. The SMILES string of the molecule is COc1cccc2c1CC[C@H]1CNC(CCn3cnc4c(C)c(C)ccc4c3=O)[C@@H]21. The summed E-state index contributed by atoms with van der Waals surface area (Å²) in [6.45, 7) is 5.82. The van der Waals surface area contributed by atoms with Crippen LogP contribution in [0.25, 0.3) is 10.9 Å². The Kier molecular flexibility index (Phi) is 4.86. The standard InChI is InChI=1S/C25H29N3O2/c1-15-7-9-20-24(16(15)2)27-14-28(25(20)29)12-11-21-23-17(13-26-21)8-10-18-19(23)5-4-6-22(18)30-3/h4-7,9,14,17,21,23,26H,8,10-13H2,1-3H3/t17-,21?,23+/m0/s1. The van der Waals surface area contributed by atoms with Gasteiger partial charge in [0, 0.05) is 18.5 Å². The molecule has 1 aliphatic heterocycles. The minimum atomic E-state index is 0.0587. The fraction of sp³-hybridized carbons (Fsp3) is 0.440. The number of nitrogens with zero attached hydrogens (tertiary/aromatic N) is 2.